The second-order valence-corrected chi connectivity index (χ2v) is 9.83. The van der Waals surface area contributed by atoms with E-state index in [0.29, 0.717) is 5.92 Å². The number of hydrogen-bond donors (Lipinski definition) is 0. The average Bonchev–Trinajstić information content (AvgIpc) is 2.90. The van der Waals surface area contributed by atoms with E-state index in [2.05, 4.69) is 102 Å². The van der Waals surface area contributed by atoms with Crippen molar-refractivity contribution in [3.8, 4) is 0 Å². The summed E-state index contributed by atoms with van der Waals surface area (Å²) in [7, 11) is 0. The molecule has 0 saturated carbocycles. The van der Waals surface area contributed by atoms with Crippen LogP contribution in [0.1, 0.15) is 77.1 Å². The van der Waals surface area contributed by atoms with Crippen molar-refractivity contribution in [1.29, 1.82) is 0 Å². The van der Waals surface area contributed by atoms with Crippen molar-refractivity contribution in [2.75, 3.05) is 0 Å². The molecule has 3 rings (SSSR count). The zero-order valence-corrected chi connectivity index (χ0v) is 19.0. The van der Waals surface area contributed by atoms with Crippen LogP contribution in [0.5, 0.6) is 0 Å². The molecule has 0 aliphatic carbocycles. The third-order valence-corrected chi connectivity index (χ3v) is 6.33. The third-order valence-electron chi connectivity index (χ3n) is 6.33. The Labute approximate surface area is 172 Å². The van der Waals surface area contributed by atoms with Crippen molar-refractivity contribution >= 4 is 11.9 Å². The number of benzene rings is 2. The van der Waals surface area contributed by atoms with Crippen LogP contribution in [0, 0.1) is 5.92 Å². The highest BCUT2D eigenvalue weighted by Crippen LogP contribution is 2.43. The Kier molecular flexibility index (Phi) is 5.84. The van der Waals surface area contributed by atoms with E-state index in [1.54, 1.807) is 0 Å². The molecule has 1 atom stereocenters. The zero-order valence-electron chi connectivity index (χ0n) is 19.0. The first-order valence-electron chi connectivity index (χ1n) is 11.1. The van der Waals surface area contributed by atoms with Gasteiger partial charge in [-0.15, -0.1) is 0 Å². The molecule has 0 spiro atoms. The minimum atomic E-state index is 0.0612. The normalized spacial score (nSPS) is 21.2. The van der Waals surface area contributed by atoms with Gasteiger partial charge in [-0.05, 0) is 43.2 Å². The van der Waals surface area contributed by atoms with Gasteiger partial charge in [-0.1, -0.05) is 70.2 Å². The van der Waals surface area contributed by atoms with Crippen LogP contribution in [0.25, 0.3) is 0 Å². The van der Waals surface area contributed by atoms with Crippen LogP contribution in [-0.2, 0) is 24.7 Å². The van der Waals surface area contributed by atoms with Gasteiger partial charge in [0, 0.05) is 31.4 Å². The highest BCUT2D eigenvalue weighted by Gasteiger charge is 2.50. The molecule has 1 aliphatic heterocycles. The maximum absolute atomic E-state index is 2.59. The van der Waals surface area contributed by atoms with Gasteiger partial charge in [0.15, 0.2) is 11.8 Å². The second-order valence-electron chi connectivity index (χ2n) is 9.83. The van der Waals surface area contributed by atoms with Crippen LogP contribution < -0.4 is 0 Å². The molecule has 0 amide bonds. The van der Waals surface area contributed by atoms with E-state index in [9.17, 15) is 0 Å². The number of para-hydroxylation sites is 1. The Morgan fingerprint density at radius 3 is 1.96 bits per heavy atom. The molecule has 1 heteroatoms. The van der Waals surface area contributed by atoms with Crippen molar-refractivity contribution < 1.29 is 4.58 Å². The maximum atomic E-state index is 2.59. The van der Waals surface area contributed by atoms with Crippen LogP contribution in [0.3, 0.4) is 0 Å². The van der Waals surface area contributed by atoms with Crippen LogP contribution in [0.4, 0.5) is 5.69 Å². The maximum Gasteiger partial charge on any atom is 0.211 e. The second kappa shape index (κ2) is 7.85. The molecule has 0 aromatic heterocycles. The first-order chi connectivity index (χ1) is 13.2. The van der Waals surface area contributed by atoms with Gasteiger partial charge in [0.2, 0.25) is 5.69 Å². The molecule has 1 heterocycles. The lowest BCUT2D eigenvalue weighted by atomic mass is 9.77. The summed E-state index contributed by atoms with van der Waals surface area (Å²) in [6.07, 6.45) is 6.94. The summed E-state index contributed by atoms with van der Waals surface area (Å²) in [6.45, 7) is 16.3. The number of nitrogens with zero attached hydrogens (tertiary/aromatic N) is 1. The Balaban J connectivity index is 2.06. The van der Waals surface area contributed by atoms with E-state index in [1.165, 1.54) is 27.9 Å². The standard InChI is InChI=1S/C27H38N/c1-8-22-11-10-12-23(9-2)25(22)28-19-27(7,18-26(28,5)6)24-15-13-21(14-16-24)17-20(3)4/h10-16,19-20H,8-9,17-18H2,1-7H3/q+1. The zero-order chi connectivity index (χ0) is 20.5. The molecule has 2 aromatic rings. The third kappa shape index (κ3) is 3.95. The van der Waals surface area contributed by atoms with Gasteiger partial charge in [-0.3, -0.25) is 0 Å². The highest BCUT2D eigenvalue weighted by atomic mass is 15.1. The Hall–Kier alpha value is -1.89. The molecule has 1 unspecified atom stereocenters. The van der Waals surface area contributed by atoms with Gasteiger partial charge in [-0.2, -0.15) is 4.58 Å². The molecular formula is C27H38N+. The Morgan fingerprint density at radius 1 is 0.893 bits per heavy atom. The molecule has 0 bridgehead atoms. The van der Waals surface area contributed by atoms with Crippen molar-refractivity contribution in [3.05, 3.63) is 64.7 Å². The minimum absolute atomic E-state index is 0.0612. The van der Waals surface area contributed by atoms with Crippen LogP contribution in [-0.4, -0.2) is 16.3 Å². The monoisotopic (exact) mass is 376 g/mol. The summed E-state index contributed by atoms with van der Waals surface area (Å²) in [5.41, 5.74) is 7.40. The summed E-state index contributed by atoms with van der Waals surface area (Å²) < 4.78 is 2.59. The van der Waals surface area contributed by atoms with Crippen LogP contribution in [0.2, 0.25) is 0 Å². The summed E-state index contributed by atoms with van der Waals surface area (Å²) >= 11 is 0. The number of aryl methyl sites for hydroxylation is 2. The predicted molar refractivity (Wildman–Crippen MR) is 122 cm³/mol. The van der Waals surface area contributed by atoms with Gasteiger partial charge in [0.1, 0.15) is 0 Å². The summed E-state index contributed by atoms with van der Waals surface area (Å²) in [4.78, 5) is 0. The van der Waals surface area contributed by atoms with Crippen molar-refractivity contribution in [3.63, 3.8) is 0 Å². The van der Waals surface area contributed by atoms with E-state index in [0.717, 1.165) is 25.7 Å². The lowest BCUT2D eigenvalue weighted by molar-refractivity contribution is -0.512. The molecule has 0 fully saturated rings. The van der Waals surface area contributed by atoms with Crippen LogP contribution >= 0.6 is 0 Å². The molecular weight excluding hydrogens is 338 g/mol. The fraction of sp³-hybridized carbons (Fsp3) is 0.519. The lowest BCUT2D eigenvalue weighted by Crippen LogP contribution is -2.31. The lowest BCUT2D eigenvalue weighted by Gasteiger charge is -2.23. The largest absolute Gasteiger partial charge is 0.211 e. The first-order valence-corrected chi connectivity index (χ1v) is 11.1. The van der Waals surface area contributed by atoms with E-state index < -0.39 is 0 Å². The van der Waals surface area contributed by atoms with E-state index in [4.69, 9.17) is 0 Å². The van der Waals surface area contributed by atoms with E-state index in [-0.39, 0.29) is 11.0 Å². The smallest absolute Gasteiger partial charge is 0.197 e. The molecule has 2 aromatic carbocycles. The molecule has 28 heavy (non-hydrogen) atoms. The Morgan fingerprint density at radius 2 is 1.46 bits per heavy atom. The molecule has 0 saturated heterocycles. The number of rotatable bonds is 6. The van der Waals surface area contributed by atoms with Gasteiger partial charge in [0.05, 0.1) is 5.41 Å². The molecule has 1 nitrogen and oxygen atoms in total. The minimum Gasteiger partial charge on any atom is -0.197 e. The predicted octanol–water partition coefficient (Wildman–Crippen LogP) is 6.86. The first kappa shape index (κ1) is 20.8. The quantitative estimate of drug-likeness (QED) is 0.484. The van der Waals surface area contributed by atoms with Crippen molar-refractivity contribution in [2.45, 2.75) is 85.1 Å². The van der Waals surface area contributed by atoms with E-state index >= 15 is 0 Å². The fourth-order valence-electron chi connectivity index (χ4n) is 5.05. The summed E-state index contributed by atoms with van der Waals surface area (Å²) in [6, 6.07) is 16.2. The SMILES string of the molecule is CCc1cccc(CC)c1[N+]1=CC(C)(c2ccc(CC(C)C)cc2)CC1(C)C. The topological polar surface area (TPSA) is 3.01 Å². The highest BCUT2D eigenvalue weighted by molar-refractivity contribution is 5.73. The molecule has 0 N–H and O–H groups in total. The van der Waals surface area contributed by atoms with Gasteiger partial charge in [-0.25, -0.2) is 0 Å². The fourth-order valence-corrected chi connectivity index (χ4v) is 5.05. The summed E-state index contributed by atoms with van der Waals surface area (Å²) in [5.74, 6) is 0.701. The Bertz CT molecular complexity index is 832. The summed E-state index contributed by atoms with van der Waals surface area (Å²) in [5, 5.41) is 0. The van der Waals surface area contributed by atoms with Gasteiger partial charge in [0.25, 0.3) is 0 Å². The van der Waals surface area contributed by atoms with Crippen molar-refractivity contribution in [2.24, 2.45) is 5.92 Å². The number of hydrogen-bond acceptors (Lipinski definition) is 0. The van der Waals surface area contributed by atoms with Gasteiger partial charge < -0.3 is 0 Å². The van der Waals surface area contributed by atoms with Crippen molar-refractivity contribution in [1.82, 2.24) is 0 Å². The van der Waals surface area contributed by atoms with Gasteiger partial charge >= 0.3 is 0 Å². The average molecular weight is 377 g/mol. The molecule has 0 radical (unpaired) electrons. The van der Waals surface area contributed by atoms with Crippen LogP contribution in [0.15, 0.2) is 42.5 Å². The van der Waals surface area contributed by atoms with E-state index in [1.807, 2.05) is 0 Å². The molecule has 1 aliphatic rings. The molecule has 150 valence electrons.